The Hall–Kier alpha value is -0.490. The topological polar surface area (TPSA) is 0 Å². The van der Waals surface area contributed by atoms with Crippen molar-refractivity contribution in [2.75, 3.05) is 0 Å². The highest BCUT2D eigenvalue weighted by Crippen LogP contribution is 2.47. The van der Waals surface area contributed by atoms with E-state index in [2.05, 4.69) is 58.0 Å². The molecule has 1 rings (SSSR count). The van der Waals surface area contributed by atoms with Gasteiger partial charge in [0, 0.05) is 0 Å². The first kappa shape index (κ1) is 23.5. The molecule has 1 heteroatoms. The molecule has 2 atom stereocenters. The molecule has 0 heterocycles. The van der Waals surface area contributed by atoms with E-state index in [9.17, 15) is 0 Å². The lowest BCUT2D eigenvalue weighted by Gasteiger charge is -2.43. The molecule has 0 radical (unpaired) electrons. The van der Waals surface area contributed by atoms with Gasteiger partial charge in [-0.3, -0.25) is 0 Å². The van der Waals surface area contributed by atoms with Crippen molar-refractivity contribution in [1.29, 1.82) is 0 Å². The minimum Gasteiger partial charge on any atom is -0.119 e. The van der Waals surface area contributed by atoms with Gasteiger partial charge in [-0.05, 0) is 37.2 Å². The molecule has 0 saturated carbocycles. The van der Waals surface area contributed by atoms with Gasteiger partial charge in [0.25, 0.3) is 0 Å². The van der Waals surface area contributed by atoms with Crippen LogP contribution in [0.4, 0.5) is 0 Å². The van der Waals surface area contributed by atoms with Gasteiger partial charge in [-0.1, -0.05) is 115 Å². The smallest absolute Gasteiger partial charge is 0.0512 e. The Morgan fingerprint density at radius 3 is 1.69 bits per heavy atom. The predicted molar refractivity (Wildman–Crippen MR) is 119 cm³/mol. The third-order valence-corrected chi connectivity index (χ3v) is 6.89. The Bertz CT molecular complexity index is 450. The summed E-state index contributed by atoms with van der Waals surface area (Å²) in [6.07, 6.45) is 17.0. The van der Waals surface area contributed by atoms with Gasteiger partial charge in [0.05, 0.1) is 4.87 Å². The molecule has 0 amide bonds. The Morgan fingerprint density at radius 2 is 1.15 bits per heavy atom. The van der Waals surface area contributed by atoms with Crippen LogP contribution >= 0.6 is 11.6 Å². The van der Waals surface area contributed by atoms with Crippen LogP contribution in [0.2, 0.25) is 0 Å². The average molecular weight is 379 g/mol. The maximum Gasteiger partial charge on any atom is 0.0512 e. The Kier molecular flexibility index (Phi) is 11.6. The zero-order valence-corrected chi connectivity index (χ0v) is 18.7. The molecule has 0 N–H and O–H groups in total. The molecule has 1 aromatic rings. The van der Waals surface area contributed by atoms with Crippen molar-refractivity contribution in [2.45, 2.75) is 116 Å². The number of benzene rings is 1. The minimum atomic E-state index is -0.177. The lowest BCUT2D eigenvalue weighted by molar-refractivity contribution is 0.176. The Balaban J connectivity index is 2.67. The molecule has 0 fully saturated rings. The molecule has 0 aliphatic rings. The summed E-state index contributed by atoms with van der Waals surface area (Å²) in [5.74, 6) is 0. The van der Waals surface area contributed by atoms with Crippen molar-refractivity contribution in [2.24, 2.45) is 5.41 Å². The van der Waals surface area contributed by atoms with Crippen LogP contribution in [0.15, 0.2) is 30.3 Å². The van der Waals surface area contributed by atoms with Crippen LogP contribution in [-0.4, -0.2) is 4.87 Å². The summed E-state index contributed by atoms with van der Waals surface area (Å²) in [4.78, 5) is -0.177. The summed E-state index contributed by atoms with van der Waals surface area (Å²) in [5, 5.41) is 0. The highest BCUT2D eigenvalue weighted by Gasteiger charge is 2.42. The highest BCUT2D eigenvalue weighted by atomic mass is 35.5. The van der Waals surface area contributed by atoms with Gasteiger partial charge in [-0.2, -0.15) is 0 Å². The van der Waals surface area contributed by atoms with Gasteiger partial charge in [0.1, 0.15) is 0 Å². The summed E-state index contributed by atoms with van der Waals surface area (Å²) in [6, 6.07) is 10.8. The van der Waals surface area contributed by atoms with E-state index in [4.69, 9.17) is 11.6 Å². The van der Waals surface area contributed by atoms with Crippen molar-refractivity contribution in [3.63, 3.8) is 0 Å². The first-order valence-electron chi connectivity index (χ1n) is 11.2. The molecule has 0 aliphatic heterocycles. The van der Waals surface area contributed by atoms with Crippen LogP contribution in [0, 0.1) is 5.41 Å². The summed E-state index contributed by atoms with van der Waals surface area (Å²) in [5.41, 5.74) is 1.58. The minimum absolute atomic E-state index is 0.177. The lowest BCUT2D eigenvalue weighted by atomic mass is 9.68. The van der Waals surface area contributed by atoms with Gasteiger partial charge < -0.3 is 0 Å². The van der Waals surface area contributed by atoms with Gasteiger partial charge >= 0.3 is 0 Å². The van der Waals surface area contributed by atoms with E-state index >= 15 is 0 Å². The van der Waals surface area contributed by atoms with Crippen LogP contribution < -0.4 is 0 Å². The summed E-state index contributed by atoms with van der Waals surface area (Å²) in [7, 11) is 0. The first-order chi connectivity index (χ1) is 12.4. The molecule has 0 bridgehead atoms. The molecule has 0 aliphatic carbocycles. The molecule has 26 heavy (non-hydrogen) atoms. The standard InChI is InChI=1S/C25H43Cl/c1-5-7-9-11-12-17-21-24(3,20-16-10-8-6-2)25(4,26)22-23-18-14-13-15-19-23/h13-15,18-19H,5-12,16-17,20-22H2,1-4H3. The fraction of sp³-hybridized carbons (Fsp3) is 0.760. The molecular formula is C25H43Cl. The quantitative estimate of drug-likeness (QED) is 0.211. The fourth-order valence-electron chi connectivity index (χ4n) is 4.08. The summed E-state index contributed by atoms with van der Waals surface area (Å²) < 4.78 is 0. The maximum absolute atomic E-state index is 7.25. The molecule has 0 nitrogen and oxygen atoms in total. The molecule has 1 aromatic carbocycles. The largest absolute Gasteiger partial charge is 0.119 e. The van der Waals surface area contributed by atoms with E-state index < -0.39 is 0 Å². The zero-order valence-electron chi connectivity index (χ0n) is 18.0. The predicted octanol–water partition coefficient (Wildman–Crippen LogP) is 8.95. The van der Waals surface area contributed by atoms with Gasteiger partial charge in [-0.25, -0.2) is 0 Å². The van der Waals surface area contributed by atoms with E-state index in [1.54, 1.807) is 0 Å². The third kappa shape index (κ3) is 8.47. The van der Waals surface area contributed by atoms with Gasteiger partial charge in [0.2, 0.25) is 0 Å². The monoisotopic (exact) mass is 378 g/mol. The second kappa shape index (κ2) is 12.8. The summed E-state index contributed by atoms with van der Waals surface area (Å²) >= 11 is 7.25. The van der Waals surface area contributed by atoms with Crippen molar-refractivity contribution < 1.29 is 0 Å². The van der Waals surface area contributed by atoms with E-state index in [1.165, 1.54) is 82.6 Å². The molecule has 150 valence electrons. The molecule has 2 unspecified atom stereocenters. The van der Waals surface area contributed by atoms with Crippen molar-refractivity contribution in [1.82, 2.24) is 0 Å². The zero-order chi connectivity index (χ0) is 19.3. The van der Waals surface area contributed by atoms with Crippen molar-refractivity contribution >= 4 is 11.6 Å². The van der Waals surface area contributed by atoms with E-state index in [1.807, 2.05) is 0 Å². The second-order valence-corrected chi connectivity index (χ2v) is 9.58. The number of rotatable bonds is 15. The average Bonchev–Trinajstić information content (AvgIpc) is 2.62. The fourth-order valence-corrected chi connectivity index (χ4v) is 4.42. The Labute approximate surface area is 169 Å². The number of hydrogen-bond donors (Lipinski definition) is 0. The molecular weight excluding hydrogens is 336 g/mol. The molecule has 0 spiro atoms. The number of hydrogen-bond acceptors (Lipinski definition) is 0. The van der Waals surface area contributed by atoms with E-state index in [0.717, 1.165) is 6.42 Å². The van der Waals surface area contributed by atoms with Crippen LogP contribution in [0.5, 0.6) is 0 Å². The first-order valence-corrected chi connectivity index (χ1v) is 11.6. The van der Waals surface area contributed by atoms with Gasteiger partial charge in [-0.15, -0.1) is 11.6 Å². The second-order valence-electron chi connectivity index (χ2n) is 8.75. The van der Waals surface area contributed by atoms with Crippen LogP contribution in [0.1, 0.15) is 110 Å². The third-order valence-electron chi connectivity index (χ3n) is 6.30. The Morgan fingerprint density at radius 1 is 0.692 bits per heavy atom. The maximum atomic E-state index is 7.25. The lowest BCUT2D eigenvalue weighted by Crippen LogP contribution is -2.41. The normalized spacial score (nSPS) is 16.2. The van der Waals surface area contributed by atoms with Crippen LogP contribution in [-0.2, 0) is 6.42 Å². The van der Waals surface area contributed by atoms with Crippen molar-refractivity contribution in [3.8, 4) is 0 Å². The summed E-state index contributed by atoms with van der Waals surface area (Å²) in [6.45, 7) is 9.33. The number of unbranched alkanes of at least 4 members (excludes halogenated alkanes) is 8. The number of alkyl halides is 1. The molecule has 0 aromatic heterocycles. The van der Waals surface area contributed by atoms with Crippen LogP contribution in [0.25, 0.3) is 0 Å². The molecule has 0 saturated heterocycles. The van der Waals surface area contributed by atoms with E-state index in [0.29, 0.717) is 0 Å². The van der Waals surface area contributed by atoms with Crippen LogP contribution in [0.3, 0.4) is 0 Å². The SMILES string of the molecule is CCCCCCCCC(C)(CCCCCC)C(C)(Cl)Cc1ccccc1. The number of halogens is 1. The highest BCUT2D eigenvalue weighted by molar-refractivity contribution is 6.24. The van der Waals surface area contributed by atoms with Crippen molar-refractivity contribution in [3.05, 3.63) is 35.9 Å². The van der Waals surface area contributed by atoms with E-state index in [-0.39, 0.29) is 10.3 Å². The van der Waals surface area contributed by atoms with Gasteiger partial charge in [0.15, 0.2) is 0 Å².